The van der Waals surface area contributed by atoms with Crippen LogP contribution in [0.15, 0.2) is 60.7 Å². The van der Waals surface area contributed by atoms with E-state index in [0.29, 0.717) is 55.3 Å². The average Bonchev–Trinajstić information content (AvgIpc) is 2.97. The van der Waals surface area contributed by atoms with E-state index in [2.05, 4.69) is 0 Å². The Morgan fingerprint density at radius 1 is 0.955 bits per heavy atom. The second kappa shape index (κ2) is 12.5. The fourth-order valence-corrected chi connectivity index (χ4v) is 5.19. The first-order chi connectivity index (χ1) is 20.7. The van der Waals surface area contributed by atoms with Gasteiger partial charge in [-0.1, -0.05) is 44.6 Å². The quantitative estimate of drug-likeness (QED) is 0.200. The van der Waals surface area contributed by atoms with Gasteiger partial charge in [-0.25, -0.2) is 0 Å². The summed E-state index contributed by atoms with van der Waals surface area (Å²) in [6.45, 7) is 4.00. The van der Waals surface area contributed by atoms with E-state index in [1.165, 1.54) is 18.2 Å². The maximum atomic E-state index is 13.6. The third-order valence-electron chi connectivity index (χ3n) is 7.63. The standard InChI is InChI=1S/C31H31F6NO6/c1-3-7-20-18-22(29(41,30(32,33)34)31(35,36)37)9-10-23(20)42-15-6-5-14-38-26(39)12-13-28(4-2,27(38)40)21-8-11-24-25(19-21)44-17-16-43-24/h5-6,8-13,18-19,41H,3-4,7,14-17H2,1-2H3/b6-5+. The highest BCUT2D eigenvalue weighted by Crippen LogP contribution is 2.50. The molecule has 0 saturated carbocycles. The predicted molar refractivity (Wildman–Crippen MR) is 146 cm³/mol. The molecule has 2 aliphatic rings. The monoisotopic (exact) mass is 627 g/mol. The van der Waals surface area contributed by atoms with Crippen LogP contribution in [-0.4, -0.2) is 60.5 Å². The average molecular weight is 628 g/mol. The number of carbonyl (C=O) groups excluding carboxylic acids is 2. The largest absolute Gasteiger partial charge is 0.489 e. The molecule has 0 radical (unpaired) electrons. The number of hydrogen-bond donors (Lipinski definition) is 1. The number of rotatable bonds is 10. The van der Waals surface area contributed by atoms with Gasteiger partial charge >= 0.3 is 12.4 Å². The molecule has 1 unspecified atom stereocenters. The van der Waals surface area contributed by atoms with E-state index in [1.54, 1.807) is 31.2 Å². The highest BCUT2D eigenvalue weighted by molar-refractivity contribution is 6.09. The Bertz CT molecular complexity index is 1440. The van der Waals surface area contributed by atoms with Crippen molar-refractivity contribution in [3.8, 4) is 17.2 Å². The van der Waals surface area contributed by atoms with E-state index in [9.17, 15) is 41.0 Å². The summed E-state index contributed by atoms with van der Waals surface area (Å²) in [6, 6.07) is 7.30. The van der Waals surface area contributed by atoms with Gasteiger partial charge in [-0.2, -0.15) is 26.3 Å². The molecule has 0 aromatic heterocycles. The van der Waals surface area contributed by atoms with Crippen LogP contribution in [0.25, 0.3) is 0 Å². The van der Waals surface area contributed by atoms with Crippen LogP contribution in [0.2, 0.25) is 0 Å². The highest BCUT2D eigenvalue weighted by atomic mass is 19.4. The molecule has 0 aliphatic carbocycles. The molecule has 2 aromatic carbocycles. The first-order valence-corrected chi connectivity index (χ1v) is 13.9. The van der Waals surface area contributed by atoms with E-state index in [1.807, 2.05) is 6.92 Å². The van der Waals surface area contributed by atoms with Crippen LogP contribution in [0.1, 0.15) is 43.4 Å². The summed E-state index contributed by atoms with van der Waals surface area (Å²) in [6.07, 6.45) is -5.32. The van der Waals surface area contributed by atoms with Crippen LogP contribution < -0.4 is 14.2 Å². The molecule has 4 rings (SSSR count). The predicted octanol–water partition coefficient (Wildman–Crippen LogP) is 5.93. The molecule has 1 atom stereocenters. The van der Waals surface area contributed by atoms with Crippen molar-refractivity contribution in [1.82, 2.24) is 4.90 Å². The fourth-order valence-electron chi connectivity index (χ4n) is 5.19. The lowest BCUT2D eigenvalue weighted by atomic mass is 9.74. The molecule has 7 nitrogen and oxygen atoms in total. The zero-order valence-corrected chi connectivity index (χ0v) is 23.9. The number of alkyl halides is 6. The summed E-state index contributed by atoms with van der Waals surface area (Å²) in [5.41, 5.74) is -6.86. The minimum absolute atomic E-state index is 0.0311. The Morgan fingerprint density at radius 2 is 1.64 bits per heavy atom. The van der Waals surface area contributed by atoms with E-state index in [4.69, 9.17) is 14.2 Å². The van der Waals surface area contributed by atoms with Crippen LogP contribution in [0.3, 0.4) is 0 Å². The Labute approximate surface area is 249 Å². The summed E-state index contributed by atoms with van der Waals surface area (Å²) in [5, 5.41) is 9.75. The third-order valence-corrected chi connectivity index (χ3v) is 7.63. The maximum Gasteiger partial charge on any atom is 0.430 e. The van der Waals surface area contributed by atoms with E-state index in [0.717, 1.165) is 11.0 Å². The van der Waals surface area contributed by atoms with Gasteiger partial charge in [0, 0.05) is 18.2 Å². The van der Waals surface area contributed by atoms with Gasteiger partial charge in [0.1, 0.15) is 25.6 Å². The molecule has 44 heavy (non-hydrogen) atoms. The zero-order chi connectivity index (χ0) is 32.3. The van der Waals surface area contributed by atoms with Crippen molar-refractivity contribution < 1.29 is 55.2 Å². The van der Waals surface area contributed by atoms with E-state index in [-0.39, 0.29) is 30.9 Å². The van der Waals surface area contributed by atoms with Crippen LogP contribution in [0, 0.1) is 0 Å². The number of amides is 2. The number of benzene rings is 2. The van der Waals surface area contributed by atoms with Crippen molar-refractivity contribution in [2.45, 2.75) is 56.5 Å². The van der Waals surface area contributed by atoms with Crippen molar-refractivity contribution >= 4 is 11.8 Å². The lowest BCUT2D eigenvalue weighted by Gasteiger charge is -2.36. The normalized spacial score (nSPS) is 19.2. The maximum absolute atomic E-state index is 13.6. The molecule has 238 valence electrons. The molecule has 2 heterocycles. The van der Waals surface area contributed by atoms with Crippen LogP contribution >= 0.6 is 0 Å². The van der Waals surface area contributed by atoms with Gasteiger partial charge in [0.2, 0.25) is 5.91 Å². The Balaban J connectivity index is 1.48. The number of imide groups is 1. The van der Waals surface area contributed by atoms with Gasteiger partial charge in [0.05, 0.1) is 5.41 Å². The highest BCUT2D eigenvalue weighted by Gasteiger charge is 2.71. The third kappa shape index (κ3) is 6.01. The number of halogens is 6. The molecule has 0 fully saturated rings. The summed E-state index contributed by atoms with van der Waals surface area (Å²) in [4.78, 5) is 27.4. The molecular formula is C31H31F6NO6. The van der Waals surface area contributed by atoms with Gasteiger partial charge < -0.3 is 19.3 Å². The van der Waals surface area contributed by atoms with Crippen LogP contribution in [0.4, 0.5) is 26.3 Å². The van der Waals surface area contributed by atoms with Gasteiger partial charge in [-0.3, -0.25) is 14.5 Å². The van der Waals surface area contributed by atoms with E-state index < -0.39 is 40.7 Å². The summed E-state index contributed by atoms with van der Waals surface area (Å²) in [5.74, 6) is 0.119. The fraction of sp³-hybridized carbons (Fsp3) is 0.419. The van der Waals surface area contributed by atoms with Gasteiger partial charge in [-0.15, -0.1) is 0 Å². The number of aryl methyl sites for hydroxylation is 1. The molecular weight excluding hydrogens is 596 g/mol. The van der Waals surface area contributed by atoms with E-state index >= 15 is 0 Å². The van der Waals surface area contributed by atoms with Crippen molar-refractivity contribution in [3.63, 3.8) is 0 Å². The molecule has 1 N–H and O–H groups in total. The van der Waals surface area contributed by atoms with Crippen molar-refractivity contribution in [2.24, 2.45) is 0 Å². The number of ether oxygens (including phenoxy) is 3. The van der Waals surface area contributed by atoms with Crippen LogP contribution in [0.5, 0.6) is 17.2 Å². The first kappa shape index (κ1) is 32.9. The smallest absolute Gasteiger partial charge is 0.430 e. The summed E-state index contributed by atoms with van der Waals surface area (Å²) in [7, 11) is 0. The minimum atomic E-state index is -6.00. The lowest BCUT2D eigenvalue weighted by molar-refractivity contribution is -0.376. The number of aliphatic hydroxyl groups is 1. The lowest BCUT2D eigenvalue weighted by Crippen LogP contribution is -2.53. The number of nitrogens with zero attached hydrogens (tertiary/aromatic N) is 1. The first-order valence-electron chi connectivity index (χ1n) is 13.9. The number of hydrogen-bond acceptors (Lipinski definition) is 6. The van der Waals surface area contributed by atoms with Gasteiger partial charge in [0.15, 0.2) is 11.5 Å². The van der Waals surface area contributed by atoms with Crippen molar-refractivity contribution in [3.05, 3.63) is 77.4 Å². The van der Waals surface area contributed by atoms with Crippen molar-refractivity contribution in [2.75, 3.05) is 26.4 Å². The van der Waals surface area contributed by atoms with Crippen LogP contribution in [-0.2, 0) is 27.0 Å². The topological polar surface area (TPSA) is 85.3 Å². The van der Waals surface area contributed by atoms with Gasteiger partial charge in [0.25, 0.3) is 11.5 Å². The summed E-state index contributed by atoms with van der Waals surface area (Å²) >= 11 is 0. The number of carbonyl (C=O) groups is 2. The zero-order valence-electron chi connectivity index (χ0n) is 23.9. The Morgan fingerprint density at radius 3 is 2.27 bits per heavy atom. The second-order valence-electron chi connectivity index (χ2n) is 10.3. The molecule has 2 aromatic rings. The molecule has 2 aliphatic heterocycles. The molecule has 2 amide bonds. The Kier molecular flexibility index (Phi) is 9.38. The minimum Gasteiger partial charge on any atom is -0.489 e. The second-order valence-corrected chi connectivity index (χ2v) is 10.3. The van der Waals surface area contributed by atoms with Gasteiger partial charge in [-0.05, 0) is 54.3 Å². The molecule has 0 saturated heterocycles. The molecule has 0 spiro atoms. The Hall–Kier alpha value is -4.00. The van der Waals surface area contributed by atoms with Crippen molar-refractivity contribution in [1.29, 1.82) is 0 Å². The number of fused-ring (bicyclic) bond motifs is 1. The summed E-state index contributed by atoms with van der Waals surface area (Å²) < 4.78 is 97.0. The SMILES string of the molecule is CCCc1cc(C(O)(C(F)(F)F)C(F)(F)F)ccc1OC/C=C/CN1C(=O)C=CC(CC)(c2ccc3c(c2)OCCO3)C1=O. The molecule has 13 heteroatoms. The molecule has 0 bridgehead atoms.